The predicted octanol–water partition coefficient (Wildman–Crippen LogP) is 5.99. The third kappa shape index (κ3) is 4.52. The molecule has 0 aliphatic rings. The predicted molar refractivity (Wildman–Crippen MR) is 127 cm³/mol. The highest BCUT2D eigenvalue weighted by atomic mass is 79.9. The number of rotatable bonds is 5. The molecule has 0 radical (unpaired) electrons. The Balaban J connectivity index is 1.99. The van der Waals surface area contributed by atoms with Crippen LogP contribution >= 0.6 is 27.5 Å². The molecule has 0 aliphatic carbocycles. The molecule has 0 fully saturated rings. The number of hydrogen-bond acceptors (Lipinski definition) is 2. The molecular formula is C24H24BrClN2O2. The maximum absolute atomic E-state index is 13.1. The highest BCUT2D eigenvalue weighted by Crippen LogP contribution is 2.26. The molecule has 0 unspecified atom stereocenters. The molecule has 0 saturated heterocycles. The van der Waals surface area contributed by atoms with Crippen LogP contribution in [0, 0.1) is 27.7 Å². The van der Waals surface area contributed by atoms with Crippen LogP contribution in [0.5, 0.6) is 0 Å². The lowest BCUT2D eigenvalue weighted by Crippen LogP contribution is -2.29. The van der Waals surface area contributed by atoms with Crippen molar-refractivity contribution in [2.75, 3.05) is 5.32 Å². The third-order valence-electron chi connectivity index (χ3n) is 5.35. The van der Waals surface area contributed by atoms with E-state index >= 15 is 0 Å². The molecule has 1 N–H and O–H groups in total. The van der Waals surface area contributed by atoms with Gasteiger partial charge < -0.3 is 9.88 Å². The maximum atomic E-state index is 13.1. The Bertz CT molecular complexity index is 1150. The molecule has 2 aromatic carbocycles. The molecule has 1 heterocycles. The second kappa shape index (κ2) is 9.19. The Morgan fingerprint density at radius 2 is 1.63 bits per heavy atom. The number of amides is 1. The normalized spacial score (nSPS) is 10.9. The van der Waals surface area contributed by atoms with Crippen LogP contribution in [0.25, 0.3) is 0 Å². The highest BCUT2D eigenvalue weighted by Gasteiger charge is 2.22. The van der Waals surface area contributed by atoms with Gasteiger partial charge in [-0.2, -0.15) is 0 Å². The fraction of sp³-hybridized carbons (Fsp3) is 0.250. The first-order chi connectivity index (χ1) is 14.2. The van der Waals surface area contributed by atoms with Gasteiger partial charge in [-0.25, -0.2) is 0 Å². The van der Waals surface area contributed by atoms with Crippen LogP contribution in [0.2, 0.25) is 5.02 Å². The molecule has 0 atom stereocenters. The summed E-state index contributed by atoms with van der Waals surface area (Å²) < 4.78 is 2.89. The van der Waals surface area contributed by atoms with E-state index in [0.717, 1.165) is 22.0 Å². The summed E-state index contributed by atoms with van der Waals surface area (Å²) >= 11 is 9.81. The Hall–Kier alpha value is -2.37. The molecule has 156 valence electrons. The average molecular weight is 488 g/mol. The van der Waals surface area contributed by atoms with Crippen molar-refractivity contribution < 1.29 is 4.79 Å². The Labute approximate surface area is 190 Å². The summed E-state index contributed by atoms with van der Waals surface area (Å²) in [6.07, 6.45) is 0.772. The summed E-state index contributed by atoms with van der Waals surface area (Å²) in [5, 5.41) is 3.01. The second-order valence-corrected chi connectivity index (χ2v) is 8.74. The van der Waals surface area contributed by atoms with E-state index in [2.05, 4.69) is 33.4 Å². The van der Waals surface area contributed by atoms with Crippen LogP contribution in [-0.4, -0.2) is 10.5 Å². The Morgan fingerprint density at radius 1 is 1.03 bits per heavy atom. The molecule has 1 aromatic heterocycles. The van der Waals surface area contributed by atoms with Crippen molar-refractivity contribution in [2.45, 2.75) is 40.7 Å². The van der Waals surface area contributed by atoms with Gasteiger partial charge in [0, 0.05) is 28.1 Å². The van der Waals surface area contributed by atoms with Crippen molar-refractivity contribution in [3.63, 3.8) is 0 Å². The van der Waals surface area contributed by atoms with E-state index in [1.165, 1.54) is 5.56 Å². The number of hydrogen-bond donors (Lipinski definition) is 1. The molecule has 3 aromatic rings. The lowest BCUT2D eigenvalue weighted by Gasteiger charge is -2.20. The number of halogens is 2. The fourth-order valence-corrected chi connectivity index (χ4v) is 4.60. The molecule has 4 nitrogen and oxygen atoms in total. The minimum atomic E-state index is -0.443. The number of benzene rings is 2. The minimum absolute atomic E-state index is 0.0837. The van der Waals surface area contributed by atoms with Crippen molar-refractivity contribution in [1.82, 2.24) is 4.57 Å². The number of aromatic nitrogens is 1. The summed E-state index contributed by atoms with van der Waals surface area (Å²) in [6, 6.07) is 13.9. The topological polar surface area (TPSA) is 51.1 Å². The number of anilines is 1. The van der Waals surface area contributed by atoms with E-state index in [1.54, 1.807) is 6.92 Å². The third-order valence-corrected chi connectivity index (χ3v) is 6.25. The first kappa shape index (κ1) is 22.3. The van der Waals surface area contributed by atoms with Gasteiger partial charge in [0.15, 0.2) is 0 Å². The Morgan fingerprint density at radius 3 is 2.23 bits per heavy atom. The molecule has 0 bridgehead atoms. The summed E-state index contributed by atoms with van der Waals surface area (Å²) in [5.41, 5.74) is 4.64. The number of nitrogens with zero attached hydrogens (tertiary/aromatic N) is 1. The maximum Gasteiger partial charge on any atom is 0.261 e. The van der Waals surface area contributed by atoms with E-state index in [-0.39, 0.29) is 10.6 Å². The largest absolute Gasteiger partial charge is 0.346 e. The molecule has 3 rings (SSSR count). The smallest absolute Gasteiger partial charge is 0.261 e. The van der Waals surface area contributed by atoms with Crippen LogP contribution in [0.3, 0.4) is 0 Å². The van der Waals surface area contributed by atoms with E-state index in [0.29, 0.717) is 23.6 Å². The molecule has 0 aliphatic heterocycles. The van der Waals surface area contributed by atoms with E-state index in [1.807, 2.05) is 55.7 Å². The van der Waals surface area contributed by atoms with Gasteiger partial charge in [0.25, 0.3) is 5.91 Å². The van der Waals surface area contributed by atoms with Crippen LogP contribution in [0.15, 0.2) is 51.7 Å². The monoisotopic (exact) mass is 486 g/mol. The summed E-state index contributed by atoms with van der Waals surface area (Å²) in [5.74, 6) is -0.443. The van der Waals surface area contributed by atoms with Crippen molar-refractivity contribution in [2.24, 2.45) is 0 Å². The average Bonchev–Trinajstić information content (AvgIpc) is 2.70. The number of carbonyl (C=O) groups is 1. The molecular weight excluding hydrogens is 464 g/mol. The van der Waals surface area contributed by atoms with Crippen LogP contribution in [0.4, 0.5) is 5.69 Å². The summed E-state index contributed by atoms with van der Waals surface area (Å²) in [4.78, 5) is 26.0. The zero-order valence-corrected chi connectivity index (χ0v) is 19.8. The van der Waals surface area contributed by atoms with Gasteiger partial charge in [-0.3, -0.25) is 9.59 Å². The van der Waals surface area contributed by atoms with Crippen LogP contribution < -0.4 is 10.7 Å². The van der Waals surface area contributed by atoms with Gasteiger partial charge in [-0.05, 0) is 62.9 Å². The number of aryl methyl sites for hydroxylation is 3. The summed E-state index contributed by atoms with van der Waals surface area (Å²) in [7, 11) is 0. The molecule has 1 amide bonds. The lowest BCUT2D eigenvalue weighted by molar-refractivity contribution is 0.102. The zero-order chi connectivity index (χ0) is 22.0. The quantitative estimate of drug-likeness (QED) is 0.480. The highest BCUT2D eigenvalue weighted by molar-refractivity contribution is 9.10. The van der Waals surface area contributed by atoms with Crippen molar-refractivity contribution in [1.29, 1.82) is 0 Å². The van der Waals surface area contributed by atoms with E-state index in [4.69, 9.17) is 11.6 Å². The number of carbonyl (C=O) groups excluding carboxylic acids is 1. The molecule has 30 heavy (non-hydrogen) atoms. The first-order valence-electron chi connectivity index (χ1n) is 9.72. The standard InChI is InChI=1S/C24H24BrClN2O2/c1-14-12-19(25)13-15(2)22(14)27-24(30)20-16(3)28(17(4)21(26)23(20)29)11-10-18-8-6-5-7-9-18/h5-9,12-13H,10-11H2,1-4H3,(H,27,30). The SMILES string of the molecule is Cc1cc(Br)cc(C)c1NC(=O)c1c(C)n(CCc2ccccc2)c(C)c(Cl)c1=O. The van der Waals surface area contributed by atoms with Crippen LogP contribution in [0.1, 0.15) is 38.4 Å². The van der Waals surface area contributed by atoms with Crippen molar-refractivity contribution in [3.05, 3.63) is 95.8 Å². The lowest BCUT2D eigenvalue weighted by atomic mass is 10.1. The molecule has 0 saturated carbocycles. The molecule has 6 heteroatoms. The van der Waals surface area contributed by atoms with Gasteiger partial charge in [0.1, 0.15) is 10.6 Å². The van der Waals surface area contributed by atoms with Gasteiger partial charge in [-0.15, -0.1) is 0 Å². The van der Waals surface area contributed by atoms with Crippen LogP contribution in [-0.2, 0) is 13.0 Å². The van der Waals surface area contributed by atoms with E-state index in [9.17, 15) is 9.59 Å². The van der Waals surface area contributed by atoms with Crippen molar-refractivity contribution >= 4 is 39.1 Å². The van der Waals surface area contributed by atoms with Gasteiger partial charge >= 0.3 is 0 Å². The number of pyridine rings is 1. The zero-order valence-electron chi connectivity index (χ0n) is 17.5. The van der Waals surface area contributed by atoms with Gasteiger partial charge in [0.05, 0.1) is 0 Å². The first-order valence-corrected chi connectivity index (χ1v) is 10.9. The minimum Gasteiger partial charge on any atom is -0.346 e. The molecule has 0 spiro atoms. The van der Waals surface area contributed by atoms with Gasteiger partial charge in [-0.1, -0.05) is 57.9 Å². The fourth-order valence-electron chi connectivity index (χ4n) is 3.72. The summed E-state index contributed by atoms with van der Waals surface area (Å²) in [6.45, 7) is 8.07. The van der Waals surface area contributed by atoms with Gasteiger partial charge in [0.2, 0.25) is 5.43 Å². The number of nitrogens with one attached hydrogen (secondary N) is 1. The van der Waals surface area contributed by atoms with Crippen molar-refractivity contribution in [3.8, 4) is 0 Å². The Kier molecular flexibility index (Phi) is 6.84. The second-order valence-electron chi connectivity index (χ2n) is 7.44. The van der Waals surface area contributed by atoms with E-state index < -0.39 is 11.3 Å².